The van der Waals surface area contributed by atoms with Crippen LogP contribution in [-0.2, 0) is 16.4 Å². The minimum absolute atomic E-state index is 0.264. The summed E-state index contributed by atoms with van der Waals surface area (Å²) in [6, 6.07) is 14.9. The number of benzene rings is 2. The van der Waals surface area contributed by atoms with Gasteiger partial charge in [0.25, 0.3) is 0 Å². The molecule has 6 heteroatoms. The van der Waals surface area contributed by atoms with E-state index in [1.54, 1.807) is 28.9 Å². The summed E-state index contributed by atoms with van der Waals surface area (Å²) in [5.74, 6) is 0. The van der Waals surface area contributed by atoms with Crippen molar-refractivity contribution in [1.82, 2.24) is 0 Å². The van der Waals surface area contributed by atoms with Gasteiger partial charge in [0.1, 0.15) is 0 Å². The number of hydrogen-bond acceptors (Lipinski definition) is 2. The van der Waals surface area contributed by atoms with E-state index in [0.29, 0.717) is 0 Å². The molecule has 0 radical (unpaired) electrons. The maximum atomic E-state index is 12.9. The zero-order valence-corrected chi connectivity index (χ0v) is 17.8. The zero-order chi connectivity index (χ0) is 18.7. The number of aromatic nitrogens is 1. The number of halogens is 1. The Bertz CT molecular complexity index is 1030. The molecule has 0 amide bonds. The number of rotatable bonds is 6. The topological polar surface area (TPSA) is 50.1 Å². The normalized spacial score (nSPS) is 11.7. The Labute approximate surface area is 168 Å². The van der Waals surface area contributed by atoms with E-state index in [1.807, 2.05) is 31.3 Å². The van der Waals surface area contributed by atoms with E-state index in [9.17, 15) is 8.42 Å². The highest BCUT2D eigenvalue weighted by atomic mass is 127. The summed E-state index contributed by atoms with van der Waals surface area (Å²) in [7, 11) is -3.65. The van der Waals surface area contributed by atoms with Crippen molar-refractivity contribution in [3.8, 4) is 0 Å². The lowest BCUT2D eigenvalue weighted by atomic mass is 10.1. The highest BCUT2D eigenvalue weighted by Gasteiger charge is 2.25. The van der Waals surface area contributed by atoms with Crippen LogP contribution in [0.1, 0.15) is 31.0 Å². The van der Waals surface area contributed by atoms with Gasteiger partial charge in [-0.25, -0.2) is 0 Å². The van der Waals surface area contributed by atoms with Gasteiger partial charge in [0.05, 0.1) is 8.47 Å². The van der Waals surface area contributed by atoms with Crippen molar-refractivity contribution in [2.75, 3.05) is 4.83 Å². The van der Waals surface area contributed by atoms with Crippen LogP contribution in [0.15, 0.2) is 59.6 Å². The first-order valence-electron chi connectivity index (χ1n) is 8.63. The van der Waals surface area contributed by atoms with Crippen molar-refractivity contribution in [3.05, 3.63) is 69.6 Å². The molecule has 2 aromatic carbocycles. The molecule has 0 aliphatic heterocycles. The van der Waals surface area contributed by atoms with E-state index < -0.39 is 10.0 Å². The van der Waals surface area contributed by atoms with Gasteiger partial charge < -0.3 is 0 Å². The van der Waals surface area contributed by atoms with Crippen molar-refractivity contribution in [3.63, 3.8) is 0 Å². The summed E-state index contributed by atoms with van der Waals surface area (Å²) >= 11 is 2.32. The lowest BCUT2D eigenvalue weighted by Crippen LogP contribution is -2.51. The van der Waals surface area contributed by atoms with Crippen molar-refractivity contribution >= 4 is 43.4 Å². The molecule has 3 rings (SSSR count). The molecule has 0 aliphatic carbocycles. The molecule has 136 valence electrons. The minimum atomic E-state index is -3.65. The van der Waals surface area contributed by atoms with Crippen LogP contribution in [0.2, 0.25) is 0 Å². The van der Waals surface area contributed by atoms with Crippen molar-refractivity contribution < 1.29 is 13.1 Å². The number of pyridine rings is 1. The van der Waals surface area contributed by atoms with Crippen LogP contribution < -0.4 is 9.51 Å². The molecule has 0 aliphatic rings. The van der Waals surface area contributed by atoms with E-state index in [4.69, 9.17) is 0 Å². The Morgan fingerprint density at radius 3 is 2.46 bits per heavy atom. The highest BCUT2D eigenvalue weighted by Crippen LogP contribution is 2.22. The van der Waals surface area contributed by atoms with E-state index in [0.717, 1.165) is 44.9 Å². The number of fused-ring (bicyclic) bond motifs is 1. The smallest absolute Gasteiger partial charge is 0.197 e. The summed E-state index contributed by atoms with van der Waals surface area (Å²) < 4.78 is 28.5. The van der Waals surface area contributed by atoms with Gasteiger partial charge >= 0.3 is 10.0 Å². The molecule has 3 aromatic rings. The molecule has 4 nitrogen and oxygen atoms in total. The van der Waals surface area contributed by atoms with Crippen molar-refractivity contribution in [2.45, 2.75) is 38.0 Å². The molecule has 26 heavy (non-hydrogen) atoms. The molecule has 0 saturated heterocycles. The van der Waals surface area contributed by atoms with Gasteiger partial charge in [-0.1, -0.05) is 58.7 Å². The number of nitrogens with one attached hydrogen (secondary N) is 1. The third kappa shape index (κ3) is 4.01. The largest absolute Gasteiger partial charge is 0.306 e. The van der Waals surface area contributed by atoms with Crippen LogP contribution in [0.25, 0.3) is 10.8 Å². The monoisotopic (exact) mass is 481 g/mol. The average molecular weight is 481 g/mol. The molecular formula is C20H22IN2O2S+. The van der Waals surface area contributed by atoms with E-state index in [-0.39, 0.29) is 4.90 Å². The number of aryl methyl sites for hydroxylation is 1. The summed E-state index contributed by atoms with van der Waals surface area (Å²) in [5.41, 5.74) is 2.02. The fourth-order valence-electron chi connectivity index (χ4n) is 2.84. The minimum Gasteiger partial charge on any atom is -0.197 e. The van der Waals surface area contributed by atoms with Crippen molar-refractivity contribution in [2.24, 2.45) is 0 Å². The van der Waals surface area contributed by atoms with Gasteiger partial charge in [-0.15, -0.1) is 0 Å². The van der Waals surface area contributed by atoms with E-state index in [2.05, 4.69) is 40.4 Å². The second-order valence-corrected chi connectivity index (χ2v) is 9.10. The van der Waals surface area contributed by atoms with Crippen LogP contribution in [0.4, 0.5) is 0 Å². The second-order valence-electron chi connectivity index (χ2n) is 6.36. The number of nitrogens with zero attached hydrogens (tertiary/aromatic N) is 1. The van der Waals surface area contributed by atoms with Crippen LogP contribution in [0.5, 0.6) is 0 Å². The average Bonchev–Trinajstić information content (AvgIpc) is 2.61. The molecule has 0 atom stereocenters. The summed E-state index contributed by atoms with van der Waals surface area (Å²) in [6.45, 7) is 4.07. The molecule has 0 saturated carbocycles. The Kier molecular flexibility index (Phi) is 5.82. The predicted molar refractivity (Wildman–Crippen MR) is 113 cm³/mol. The number of unbranched alkanes of at least 4 members (excludes halogenated alkanes) is 1. The van der Waals surface area contributed by atoms with Crippen LogP contribution in [0.3, 0.4) is 0 Å². The van der Waals surface area contributed by atoms with Gasteiger partial charge in [0.2, 0.25) is 11.9 Å². The Morgan fingerprint density at radius 1 is 1.08 bits per heavy atom. The summed E-state index contributed by atoms with van der Waals surface area (Å²) in [5, 5.41) is 2.15. The Hall–Kier alpha value is -1.67. The van der Waals surface area contributed by atoms with Crippen molar-refractivity contribution in [1.29, 1.82) is 0 Å². The molecule has 1 aromatic heterocycles. The van der Waals surface area contributed by atoms with E-state index >= 15 is 0 Å². The van der Waals surface area contributed by atoms with Gasteiger partial charge in [-0.3, -0.25) is 0 Å². The molecule has 0 unspecified atom stereocenters. The molecule has 1 heterocycles. The maximum Gasteiger partial charge on any atom is 0.306 e. The highest BCUT2D eigenvalue weighted by molar-refractivity contribution is 14.1. The quantitative estimate of drug-likeness (QED) is 0.422. The van der Waals surface area contributed by atoms with Gasteiger partial charge in [0, 0.05) is 17.2 Å². The van der Waals surface area contributed by atoms with Gasteiger partial charge in [-0.2, -0.15) is 8.42 Å². The molecule has 0 spiro atoms. The third-order valence-electron chi connectivity index (χ3n) is 4.33. The molecule has 1 N–H and O–H groups in total. The first-order valence-corrected chi connectivity index (χ1v) is 11.2. The third-order valence-corrected chi connectivity index (χ3v) is 6.86. The molecule has 0 bridgehead atoms. The Morgan fingerprint density at radius 2 is 1.77 bits per heavy atom. The predicted octanol–water partition coefficient (Wildman–Crippen LogP) is 4.32. The standard InChI is InChI=1S/C20H22IN2O2S/c1-3-4-9-19-20(21)18-8-6-5-7-16(18)14-23(19)22-26(24,25)17-12-10-15(2)11-13-17/h5-8,10-14,22H,3-4,9H2,1-2H3/q+1. The fraction of sp³-hybridized carbons (Fsp3) is 0.250. The van der Waals surface area contributed by atoms with Crippen LogP contribution >= 0.6 is 22.6 Å². The second kappa shape index (κ2) is 7.92. The summed E-state index contributed by atoms with van der Waals surface area (Å²) in [6.07, 6.45) is 4.73. The Balaban J connectivity index is 2.09. The first kappa shape index (κ1) is 19.1. The van der Waals surface area contributed by atoms with E-state index in [1.165, 1.54) is 0 Å². The van der Waals surface area contributed by atoms with Gasteiger partial charge in [0.15, 0.2) is 0 Å². The first-order chi connectivity index (χ1) is 12.4. The number of hydrogen-bond donors (Lipinski definition) is 1. The molecular weight excluding hydrogens is 459 g/mol. The van der Waals surface area contributed by atoms with Crippen LogP contribution in [0, 0.1) is 10.5 Å². The fourth-order valence-corrected chi connectivity index (χ4v) is 4.89. The lowest BCUT2D eigenvalue weighted by molar-refractivity contribution is -0.644. The molecule has 0 fully saturated rings. The maximum absolute atomic E-state index is 12.9. The lowest BCUT2D eigenvalue weighted by Gasteiger charge is -2.10. The van der Waals surface area contributed by atoms with Crippen LogP contribution in [-0.4, -0.2) is 8.42 Å². The summed E-state index contributed by atoms with van der Waals surface area (Å²) in [4.78, 5) is 3.01. The zero-order valence-electron chi connectivity index (χ0n) is 14.9. The number of sulfonamides is 1. The SMILES string of the molecule is CCCCc1c(I)c2ccccc2c[n+]1NS(=O)(=O)c1ccc(C)cc1. The van der Waals surface area contributed by atoms with Gasteiger partial charge in [-0.05, 0) is 54.1 Å².